The first kappa shape index (κ1) is 18.7. The first-order valence-electron chi connectivity index (χ1n) is 9.65. The highest BCUT2D eigenvalue weighted by molar-refractivity contribution is 5.83. The Morgan fingerprint density at radius 3 is 2.72 bits per heavy atom. The van der Waals surface area contributed by atoms with Crippen LogP contribution in [0.25, 0.3) is 10.9 Å². The van der Waals surface area contributed by atoms with Crippen LogP contribution in [0.3, 0.4) is 0 Å². The number of carbonyl (C=O) groups excluding carboxylic acids is 1. The van der Waals surface area contributed by atoms with Crippen molar-refractivity contribution in [2.24, 2.45) is 0 Å². The van der Waals surface area contributed by atoms with E-state index in [0.717, 1.165) is 27.7 Å². The summed E-state index contributed by atoms with van der Waals surface area (Å²) in [5, 5.41) is 4.15. The summed E-state index contributed by atoms with van der Waals surface area (Å²) in [6.45, 7) is 2.43. The second-order valence-electron chi connectivity index (χ2n) is 7.06. The van der Waals surface area contributed by atoms with E-state index in [1.165, 1.54) is 0 Å². The van der Waals surface area contributed by atoms with Gasteiger partial charge in [-0.25, -0.2) is 0 Å². The van der Waals surface area contributed by atoms with Gasteiger partial charge in [-0.05, 0) is 47.7 Å². The summed E-state index contributed by atoms with van der Waals surface area (Å²) in [4.78, 5) is 20.0. The molecule has 0 unspecified atom stereocenters. The highest BCUT2D eigenvalue weighted by atomic mass is 16.5. The van der Waals surface area contributed by atoms with Crippen LogP contribution >= 0.6 is 0 Å². The standard InChI is InChI=1S/C24H23N3O2/c1-17(27-24(28)14-19-7-8-20-11-12-25-23(20)13-19)22-10-9-21(15-26-22)29-16-18-5-3-2-4-6-18/h2-13,15,17,25H,14,16H2,1H3,(H,27,28)/t17-/m1/s1. The molecule has 0 aliphatic rings. The highest BCUT2D eigenvalue weighted by Gasteiger charge is 2.12. The lowest BCUT2D eigenvalue weighted by Gasteiger charge is -2.14. The second-order valence-corrected chi connectivity index (χ2v) is 7.06. The normalized spacial score (nSPS) is 11.9. The minimum Gasteiger partial charge on any atom is -0.487 e. The zero-order valence-corrected chi connectivity index (χ0v) is 16.3. The van der Waals surface area contributed by atoms with Gasteiger partial charge in [0.05, 0.1) is 24.4 Å². The third-order valence-corrected chi connectivity index (χ3v) is 4.81. The zero-order chi connectivity index (χ0) is 20.1. The van der Waals surface area contributed by atoms with Crippen molar-refractivity contribution in [2.75, 3.05) is 0 Å². The van der Waals surface area contributed by atoms with Crippen molar-refractivity contribution in [1.82, 2.24) is 15.3 Å². The molecule has 0 saturated carbocycles. The van der Waals surface area contributed by atoms with Crippen LogP contribution in [0.4, 0.5) is 0 Å². The fourth-order valence-corrected chi connectivity index (χ4v) is 3.23. The molecular weight excluding hydrogens is 362 g/mol. The van der Waals surface area contributed by atoms with Gasteiger partial charge in [0.15, 0.2) is 0 Å². The number of hydrogen-bond acceptors (Lipinski definition) is 3. The molecule has 0 spiro atoms. The molecule has 4 aromatic rings. The van der Waals surface area contributed by atoms with Crippen molar-refractivity contribution in [1.29, 1.82) is 0 Å². The van der Waals surface area contributed by atoms with Crippen molar-refractivity contribution >= 4 is 16.8 Å². The topological polar surface area (TPSA) is 67.0 Å². The molecule has 0 bridgehead atoms. The van der Waals surface area contributed by atoms with Gasteiger partial charge in [-0.1, -0.05) is 42.5 Å². The summed E-state index contributed by atoms with van der Waals surface area (Å²) in [6.07, 6.45) is 3.92. The van der Waals surface area contributed by atoms with Crippen LogP contribution in [-0.4, -0.2) is 15.9 Å². The summed E-state index contributed by atoms with van der Waals surface area (Å²) < 4.78 is 5.76. The van der Waals surface area contributed by atoms with Crippen LogP contribution in [0.2, 0.25) is 0 Å². The third-order valence-electron chi connectivity index (χ3n) is 4.81. The number of fused-ring (bicyclic) bond motifs is 1. The maximum absolute atomic E-state index is 12.4. The van der Waals surface area contributed by atoms with E-state index in [0.29, 0.717) is 18.8 Å². The Labute approximate surface area is 169 Å². The molecule has 5 heteroatoms. The molecule has 0 aliphatic carbocycles. The maximum atomic E-state index is 12.4. The van der Waals surface area contributed by atoms with Gasteiger partial charge < -0.3 is 15.0 Å². The molecule has 0 fully saturated rings. The van der Waals surface area contributed by atoms with Crippen LogP contribution in [0, 0.1) is 0 Å². The quantitative estimate of drug-likeness (QED) is 0.490. The summed E-state index contributed by atoms with van der Waals surface area (Å²) in [6, 6.07) is 21.6. The van der Waals surface area contributed by atoms with E-state index in [9.17, 15) is 4.79 Å². The lowest BCUT2D eigenvalue weighted by Crippen LogP contribution is -2.28. The Morgan fingerprint density at radius 2 is 1.93 bits per heavy atom. The van der Waals surface area contributed by atoms with E-state index >= 15 is 0 Å². The van der Waals surface area contributed by atoms with Crippen LogP contribution in [0.1, 0.15) is 29.8 Å². The molecular formula is C24H23N3O2. The molecule has 5 nitrogen and oxygen atoms in total. The molecule has 146 valence electrons. The van der Waals surface area contributed by atoms with Gasteiger partial charge in [-0.3, -0.25) is 9.78 Å². The first-order valence-corrected chi connectivity index (χ1v) is 9.65. The number of benzene rings is 2. The van der Waals surface area contributed by atoms with Crippen LogP contribution in [-0.2, 0) is 17.8 Å². The average molecular weight is 385 g/mol. The minimum absolute atomic E-state index is 0.0328. The smallest absolute Gasteiger partial charge is 0.224 e. The van der Waals surface area contributed by atoms with E-state index < -0.39 is 0 Å². The monoisotopic (exact) mass is 385 g/mol. The fourth-order valence-electron chi connectivity index (χ4n) is 3.23. The summed E-state index contributed by atoms with van der Waals surface area (Å²) in [7, 11) is 0. The number of pyridine rings is 1. The zero-order valence-electron chi connectivity index (χ0n) is 16.3. The van der Waals surface area contributed by atoms with Crippen molar-refractivity contribution < 1.29 is 9.53 Å². The Balaban J connectivity index is 1.31. The highest BCUT2D eigenvalue weighted by Crippen LogP contribution is 2.17. The molecule has 0 radical (unpaired) electrons. The number of nitrogens with zero attached hydrogens (tertiary/aromatic N) is 1. The molecule has 0 saturated heterocycles. The lowest BCUT2D eigenvalue weighted by molar-refractivity contribution is -0.121. The van der Waals surface area contributed by atoms with E-state index in [1.54, 1.807) is 6.20 Å². The van der Waals surface area contributed by atoms with Crippen molar-refractivity contribution in [3.63, 3.8) is 0 Å². The number of nitrogens with one attached hydrogen (secondary N) is 2. The molecule has 2 aromatic carbocycles. The van der Waals surface area contributed by atoms with E-state index in [4.69, 9.17) is 4.74 Å². The number of aromatic amines is 1. The summed E-state index contributed by atoms with van der Waals surface area (Å²) >= 11 is 0. The number of amides is 1. The van der Waals surface area contributed by atoms with Gasteiger partial charge in [-0.15, -0.1) is 0 Å². The van der Waals surface area contributed by atoms with Gasteiger partial charge in [0.25, 0.3) is 0 Å². The SMILES string of the molecule is C[C@@H](NC(=O)Cc1ccc2cc[nH]c2c1)c1ccc(OCc2ccccc2)cn1. The third kappa shape index (κ3) is 4.82. The molecule has 1 atom stereocenters. The predicted molar refractivity (Wildman–Crippen MR) is 114 cm³/mol. The first-order chi connectivity index (χ1) is 14.2. The number of rotatable bonds is 7. The number of H-pyrrole nitrogens is 1. The molecule has 4 rings (SSSR count). The molecule has 2 aromatic heterocycles. The Kier molecular flexibility index (Phi) is 5.56. The number of aromatic nitrogens is 2. The molecule has 2 N–H and O–H groups in total. The molecule has 1 amide bonds. The largest absolute Gasteiger partial charge is 0.487 e. The average Bonchev–Trinajstić information content (AvgIpc) is 3.21. The summed E-state index contributed by atoms with van der Waals surface area (Å²) in [5.74, 6) is 0.671. The van der Waals surface area contributed by atoms with E-state index in [1.807, 2.05) is 79.9 Å². The van der Waals surface area contributed by atoms with Crippen LogP contribution in [0.5, 0.6) is 5.75 Å². The van der Waals surface area contributed by atoms with Gasteiger partial charge in [0, 0.05) is 11.7 Å². The molecule has 2 heterocycles. The van der Waals surface area contributed by atoms with E-state index in [2.05, 4.69) is 15.3 Å². The Morgan fingerprint density at radius 1 is 1.07 bits per heavy atom. The predicted octanol–water partition coefficient (Wildman–Crippen LogP) is 4.56. The lowest BCUT2D eigenvalue weighted by atomic mass is 10.1. The number of hydrogen-bond donors (Lipinski definition) is 2. The summed E-state index contributed by atoms with van der Waals surface area (Å²) in [5.41, 5.74) is 3.92. The number of carbonyl (C=O) groups is 1. The van der Waals surface area contributed by atoms with Crippen LogP contribution in [0.15, 0.2) is 79.1 Å². The number of ether oxygens (including phenoxy) is 1. The fraction of sp³-hybridized carbons (Fsp3) is 0.167. The van der Waals surface area contributed by atoms with Crippen molar-refractivity contribution in [3.05, 3.63) is 95.9 Å². The van der Waals surface area contributed by atoms with E-state index in [-0.39, 0.29) is 11.9 Å². The minimum atomic E-state index is -0.181. The van der Waals surface area contributed by atoms with Crippen LogP contribution < -0.4 is 10.1 Å². The molecule has 0 aliphatic heterocycles. The van der Waals surface area contributed by atoms with Crippen molar-refractivity contribution in [3.8, 4) is 5.75 Å². The van der Waals surface area contributed by atoms with Gasteiger partial charge in [0.1, 0.15) is 12.4 Å². The second kappa shape index (κ2) is 8.61. The van der Waals surface area contributed by atoms with Gasteiger partial charge >= 0.3 is 0 Å². The molecule has 29 heavy (non-hydrogen) atoms. The Hall–Kier alpha value is -3.60. The van der Waals surface area contributed by atoms with Gasteiger partial charge in [0.2, 0.25) is 5.91 Å². The van der Waals surface area contributed by atoms with Gasteiger partial charge in [-0.2, -0.15) is 0 Å². The van der Waals surface area contributed by atoms with Crippen molar-refractivity contribution in [2.45, 2.75) is 26.0 Å². The maximum Gasteiger partial charge on any atom is 0.224 e. The Bertz CT molecular complexity index is 1090.